The van der Waals surface area contributed by atoms with E-state index < -0.39 is 97.5 Å². The second kappa shape index (κ2) is 64.4. The molecule has 0 radical (unpaired) electrons. The molecule has 0 aliphatic carbocycles. The molecule has 0 aromatic rings. The van der Waals surface area contributed by atoms with Crippen LogP contribution < -0.4 is 0 Å². The number of aliphatic hydroxyl groups excluding tert-OH is 1. The number of carbonyl (C=O) groups excluding carboxylic acids is 4. The maximum atomic E-state index is 13.1. The molecule has 0 bridgehead atoms. The lowest BCUT2D eigenvalue weighted by Gasteiger charge is -2.21. The Morgan fingerprint density at radius 2 is 0.447 bits per heavy atom. The summed E-state index contributed by atoms with van der Waals surface area (Å²) in [7, 11) is -9.91. The first-order chi connectivity index (χ1) is 45.1. The van der Waals surface area contributed by atoms with Gasteiger partial charge in [-0.05, 0) is 49.4 Å². The number of phosphoric ester groups is 2. The molecule has 0 heterocycles. The number of phosphoric acid groups is 2. The van der Waals surface area contributed by atoms with Crippen molar-refractivity contribution in [3.63, 3.8) is 0 Å². The highest BCUT2D eigenvalue weighted by Crippen LogP contribution is 2.45. The third kappa shape index (κ3) is 68.6. The zero-order chi connectivity index (χ0) is 69.6. The quantitative estimate of drug-likeness (QED) is 0.0222. The standard InChI is InChI=1S/C75H146O17P2/c1-65(2)51-43-35-27-20-14-10-9-11-16-23-31-39-47-55-72(77)85-61-70(91-75(80)58-50-42-33-25-19-18-22-29-37-45-53-67(5)6)63-89-93(81,82)87-59-69(76)60-88-94(83,84)90-64-71(62-86-73(78)56-48-40-34-26-30-38-46-54-68(7)8)92-74(79)57-49-41-32-24-17-13-12-15-21-28-36-44-52-66(3)4/h65-71,76H,9-64H2,1-8H3,(H,81,82)(H,83,84)/t69?,70-,71-/m1/s1. The smallest absolute Gasteiger partial charge is 0.462 e. The van der Waals surface area contributed by atoms with Gasteiger partial charge in [0, 0.05) is 25.7 Å². The van der Waals surface area contributed by atoms with Gasteiger partial charge >= 0.3 is 39.5 Å². The third-order valence-corrected chi connectivity index (χ3v) is 19.2. The first kappa shape index (κ1) is 92.1. The number of aliphatic hydroxyl groups is 1. The van der Waals surface area contributed by atoms with Crippen LogP contribution in [-0.2, 0) is 65.4 Å². The van der Waals surface area contributed by atoms with Crippen LogP contribution in [0, 0.1) is 23.7 Å². The Hall–Kier alpha value is -1.94. The van der Waals surface area contributed by atoms with Crippen molar-refractivity contribution < 1.29 is 80.2 Å². The van der Waals surface area contributed by atoms with Crippen LogP contribution in [0.5, 0.6) is 0 Å². The van der Waals surface area contributed by atoms with Crippen LogP contribution in [0.25, 0.3) is 0 Å². The number of rotatable bonds is 72. The summed E-state index contributed by atoms with van der Waals surface area (Å²) in [4.78, 5) is 72.8. The van der Waals surface area contributed by atoms with Crippen LogP contribution >= 0.6 is 15.6 Å². The van der Waals surface area contributed by atoms with Gasteiger partial charge < -0.3 is 33.8 Å². The summed E-state index contributed by atoms with van der Waals surface area (Å²) in [5.41, 5.74) is 0. The van der Waals surface area contributed by atoms with Gasteiger partial charge in [-0.25, -0.2) is 9.13 Å². The second-order valence-electron chi connectivity index (χ2n) is 28.9. The van der Waals surface area contributed by atoms with Crippen LogP contribution in [0.15, 0.2) is 0 Å². The molecular formula is C75H146O17P2. The van der Waals surface area contributed by atoms with Crippen molar-refractivity contribution in [1.82, 2.24) is 0 Å². The van der Waals surface area contributed by atoms with Crippen LogP contribution in [-0.4, -0.2) is 96.7 Å². The molecule has 17 nitrogen and oxygen atoms in total. The molecule has 558 valence electrons. The Morgan fingerprint density at radius 1 is 0.266 bits per heavy atom. The first-order valence-corrected chi connectivity index (χ1v) is 41.7. The molecule has 0 amide bonds. The van der Waals surface area contributed by atoms with Crippen molar-refractivity contribution in [2.24, 2.45) is 23.7 Å². The van der Waals surface area contributed by atoms with Gasteiger partial charge in [-0.2, -0.15) is 0 Å². The van der Waals surface area contributed by atoms with Crippen molar-refractivity contribution in [2.45, 2.75) is 395 Å². The van der Waals surface area contributed by atoms with Gasteiger partial charge in [-0.1, -0.05) is 325 Å². The van der Waals surface area contributed by atoms with Crippen LogP contribution in [0.3, 0.4) is 0 Å². The van der Waals surface area contributed by atoms with Crippen LogP contribution in [0.2, 0.25) is 0 Å². The lowest BCUT2D eigenvalue weighted by Crippen LogP contribution is -2.30. The van der Waals surface area contributed by atoms with Gasteiger partial charge in [0.2, 0.25) is 0 Å². The molecule has 0 rings (SSSR count). The van der Waals surface area contributed by atoms with Crippen molar-refractivity contribution in [1.29, 1.82) is 0 Å². The fourth-order valence-corrected chi connectivity index (χ4v) is 13.0. The summed E-state index contributed by atoms with van der Waals surface area (Å²) in [5, 5.41) is 10.6. The predicted molar refractivity (Wildman–Crippen MR) is 381 cm³/mol. The number of hydrogen-bond donors (Lipinski definition) is 3. The van der Waals surface area contributed by atoms with Gasteiger partial charge in [0.1, 0.15) is 19.3 Å². The van der Waals surface area contributed by atoms with E-state index in [4.69, 9.17) is 37.0 Å². The maximum Gasteiger partial charge on any atom is 0.472 e. The zero-order valence-electron chi connectivity index (χ0n) is 61.6. The number of esters is 4. The van der Waals surface area contributed by atoms with Crippen LogP contribution in [0.1, 0.15) is 376 Å². The molecule has 94 heavy (non-hydrogen) atoms. The van der Waals surface area contributed by atoms with Crippen molar-refractivity contribution >= 4 is 39.5 Å². The molecule has 3 N–H and O–H groups in total. The highest BCUT2D eigenvalue weighted by molar-refractivity contribution is 7.47. The summed E-state index contributed by atoms with van der Waals surface area (Å²) in [6.45, 7) is 14.2. The number of hydrogen-bond acceptors (Lipinski definition) is 15. The van der Waals surface area contributed by atoms with E-state index in [-0.39, 0.29) is 25.7 Å². The lowest BCUT2D eigenvalue weighted by atomic mass is 10.0. The van der Waals surface area contributed by atoms with Crippen molar-refractivity contribution in [3.05, 3.63) is 0 Å². The molecule has 0 aromatic carbocycles. The largest absolute Gasteiger partial charge is 0.472 e. The van der Waals surface area contributed by atoms with Gasteiger partial charge in [0.25, 0.3) is 0 Å². The number of carbonyl (C=O) groups is 4. The molecule has 0 fully saturated rings. The number of ether oxygens (including phenoxy) is 4. The zero-order valence-corrected chi connectivity index (χ0v) is 63.4. The fraction of sp³-hybridized carbons (Fsp3) is 0.947. The topological polar surface area (TPSA) is 237 Å². The van der Waals surface area contributed by atoms with Gasteiger partial charge in [-0.15, -0.1) is 0 Å². The Labute approximate surface area is 575 Å². The van der Waals surface area contributed by atoms with E-state index in [1.54, 1.807) is 0 Å². The summed E-state index contributed by atoms with van der Waals surface area (Å²) in [6, 6.07) is 0. The molecule has 0 saturated carbocycles. The predicted octanol–water partition coefficient (Wildman–Crippen LogP) is 21.7. The van der Waals surface area contributed by atoms with E-state index >= 15 is 0 Å². The van der Waals surface area contributed by atoms with Gasteiger partial charge in [0.05, 0.1) is 26.4 Å². The average molecular weight is 1380 g/mol. The lowest BCUT2D eigenvalue weighted by molar-refractivity contribution is -0.161. The monoisotopic (exact) mass is 1380 g/mol. The molecule has 0 aliphatic rings. The summed E-state index contributed by atoms with van der Waals surface area (Å²) >= 11 is 0. The Bertz CT molecular complexity index is 1850. The first-order valence-electron chi connectivity index (χ1n) is 38.7. The van der Waals surface area contributed by atoms with E-state index in [2.05, 4.69) is 55.4 Å². The number of unbranched alkanes of at least 4 members (excludes halogenated alkanes) is 38. The van der Waals surface area contributed by atoms with Crippen molar-refractivity contribution in [2.75, 3.05) is 39.6 Å². The molecular weight excluding hydrogens is 1230 g/mol. The molecule has 0 saturated heterocycles. The minimum absolute atomic E-state index is 0.106. The molecule has 0 aliphatic heterocycles. The molecule has 0 aromatic heterocycles. The van der Waals surface area contributed by atoms with Crippen molar-refractivity contribution in [3.8, 4) is 0 Å². The minimum Gasteiger partial charge on any atom is -0.462 e. The van der Waals surface area contributed by atoms with Gasteiger partial charge in [0.15, 0.2) is 12.2 Å². The summed E-state index contributed by atoms with van der Waals surface area (Å²) < 4.78 is 68.5. The highest BCUT2D eigenvalue weighted by Gasteiger charge is 2.30. The SMILES string of the molecule is CC(C)CCCCCCCCCCCCCCCC(=O)OC[C@H](COP(=O)(O)OCC(O)COP(=O)(O)OC[C@@H](COC(=O)CCCCCCCCCC(C)C)OC(=O)CCCCCCCCCCCCCCC(C)C)OC(=O)CCCCCCCCCCCCC(C)C. The normalized spacial score (nSPS) is 14.2. The Balaban J connectivity index is 5.25. The van der Waals surface area contributed by atoms with Gasteiger partial charge in [-0.3, -0.25) is 37.3 Å². The van der Waals surface area contributed by atoms with E-state index in [1.165, 1.54) is 173 Å². The molecule has 0 spiro atoms. The van der Waals surface area contributed by atoms with Crippen LogP contribution in [0.4, 0.5) is 0 Å². The summed E-state index contributed by atoms with van der Waals surface area (Å²) in [6.07, 6.45) is 48.6. The fourth-order valence-electron chi connectivity index (χ4n) is 11.4. The minimum atomic E-state index is -4.96. The van der Waals surface area contributed by atoms with E-state index in [0.29, 0.717) is 31.6 Å². The molecule has 19 heteroatoms. The Morgan fingerprint density at radius 3 is 0.660 bits per heavy atom. The second-order valence-corrected chi connectivity index (χ2v) is 31.9. The van der Waals surface area contributed by atoms with E-state index in [0.717, 1.165) is 114 Å². The summed E-state index contributed by atoms with van der Waals surface area (Å²) in [5.74, 6) is 0.902. The maximum absolute atomic E-state index is 13.1. The molecule has 3 unspecified atom stereocenters. The Kier molecular flexibility index (Phi) is 63.1. The average Bonchev–Trinajstić information content (AvgIpc) is 2.69. The highest BCUT2D eigenvalue weighted by atomic mass is 31.2. The van der Waals surface area contributed by atoms with E-state index in [1.807, 2.05) is 0 Å². The van der Waals surface area contributed by atoms with E-state index in [9.17, 15) is 43.2 Å². The third-order valence-electron chi connectivity index (χ3n) is 17.3. The molecule has 5 atom stereocenters.